The molecule has 2 aromatic rings. The van der Waals surface area contributed by atoms with Crippen molar-refractivity contribution in [1.82, 2.24) is 15.1 Å². The fraction of sp³-hybridized carbons (Fsp3) is 0.480. The van der Waals surface area contributed by atoms with Crippen LogP contribution in [0.2, 0.25) is 0 Å². The Morgan fingerprint density at radius 2 is 1.61 bits per heavy atom. The average Bonchev–Trinajstić information content (AvgIpc) is 3.19. The Hall–Kier alpha value is -2.57. The fourth-order valence-electron chi connectivity index (χ4n) is 4.71. The summed E-state index contributed by atoms with van der Waals surface area (Å²) in [4.78, 5) is 20.0. The van der Waals surface area contributed by atoms with Crippen LogP contribution in [-0.2, 0) is 6.42 Å². The molecule has 2 aliphatic rings. The number of carbonyl (C=O) groups excluding carboxylic acids is 1. The summed E-state index contributed by atoms with van der Waals surface area (Å²) in [6.07, 6.45) is 1.03. The Labute approximate surface area is 186 Å². The molecule has 0 bridgehead atoms. The lowest BCUT2D eigenvalue weighted by molar-refractivity contribution is 0.0890. The Morgan fingerprint density at radius 3 is 2.35 bits per heavy atom. The van der Waals surface area contributed by atoms with Crippen LogP contribution in [0.3, 0.4) is 0 Å². The van der Waals surface area contributed by atoms with E-state index in [4.69, 9.17) is 0 Å². The molecule has 2 aromatic carbocycles. The molecule has 166 valence electrons. The smallest absolute Gasteiger partial charge is 0.319 e. The number of carbonyl (C=O) groups is 1. The van der Waals surface area contributed by atoms with Gasteiger partial charge in [0.2, 0.25) is 0 Å². The first-order valence-electron chi connectivity index (χ1n) is 11.4. The highest BCUT2D eigenvalue weighted by Crippen LogP contribution is 2.38. The minimum atomic E-state index is -0.139. The monoisotopic (exact) mass is 421 g/mol. The third kappa shape index (κ3) is 5.02. The third-order valence-electron chi connectivity index (χ3n) is 6.58. The number of hydrogen-bond donors (Lipinski definition) is 2. The Kier molecular flexibility index (Phi) is 6.78. The lowest BCUT2D eigenvalue weighted by atomic mass is 10.0. The molecule has 0 aromatic heterocycles. The van der Waals surface area contributed by atoms with Gasteiger partial charge >= 0.3 is 6.03 Å². The maximum absolute atomic E-state index is 12.8. The number of hydrogen-bond acceptors (Lipinski definition) is 4. The first kappa shape index (κ1) is 21.7. The maximum atomic E-state index is 12.8. The Balaban J connectivity index is 1.40. The summed E-state index contributed by atoms with van der Waals surface area (Å²) in [6.45, 7) is 10.3. The second-order valence-corrected chi connectivity index (χ2v) is 9.03. The summed E-state index contributed by atoms with van der Waals surface area (Å²) in [5, 5.41) is 6.24. The first-order valence-corrected chi connectivity index (χ1v) is 11.4. The molecule has 31 heavy (non-hydrogen) atoms. The van der Waals surface area contributed by atoms with Crippen LogP contribution in [0.1, 0.15) is 19.4 Å². The third-order valence-corrected chi connectivity index (χ3v) is 6.58. The summed E-state index contributed by atoms with van der Waals surface area (Å²) in [6, 6.07) is 16.8. The molecule has 1 fully saturated rings. The van der Waals surface area contributed by atoms with Gasteiger partial charge < -0.3 is 20.4 Å². The number of nitrogens with one attached hydrogen (secondary N) is 2. The summed E-state index contributed by atoms with van der Waals surface area (Å²) in [5.74, 6) is 0.483. The van der Waals surface area contributed by atoms with Gasteiger partial charge in [-0.05, 0) is 43.1 Å². The van der Waals surface area contributed by atoms with E-state index in [0.717, 1.165) is 50.5 Å². The van der Waals surface area contributed by atoms with Crippen LogP contribution < -0.4 is 15.5 Å². The minimum absolute atomic E-state index is 0.139. The predicted molar refractivity (Wildman–Crippen MR) is 128 cm³/mol. The molecule has 2 heterocycles. The summed E-state index contributed by atoms with van der Waals surface area (Å²) in [7, 11) is 2.17. The second kappa shape index (κ2) is 9.71. The highest BCUT2D eigenvalue weighted by atomic mass is 16.2. The molecule has 2 amide bonds. The topological polar surface area (TPSA) is 50.9 Å². The lowest BCUT2D eigenvalue weighted by Crippen LogP contribution is -2.54. The molecule has 0 aliphatic carbocycles. The molecule has 2 aliphatic heterocycles. The number of piperazine rings is 1. The van der Waals surface area contributed by atoms with E-state index in [9.17, 15) is 4.79 Å². The van der Waals surface area contributed by atoms with Gasteiger partial charge in [0.15, 0.2) is 0 Å². The van der Waals surface area contributed by atoms with Crippen LogP contribution in [0.25, 0.3) is 0 Å². The SMILES string of the molecule is CC(C)C(CNC(=O)Nc1ccccc1N1CCc2ccccc21)N1CCN(C)CC1. The normalized spacial score (nSPS) is 18.1. The largest absolute Gasteiger partial charge is 0.339 e. The zero-order valence-electron chi connectivity index (χ0n) is 19.0. The van der Waals surface area contributed by atoms with Crippen molar-refractivity contribution in [3.8, 4) is 0 Å². The molecule has 4 rings (SSSR count). The molecule has 1 unspecified atom stereocenters. The van der Waals surface area contributed by atoms with Gasteiger partial charge in [0, 0.05) is 51.0 Å². The number of urea groups is 1. The Morgan fingerprint density at radius 1 is 0.935 bits per heavy atom. The first-order chi connectivity index (χ1) is 15.0. The summed E-state index contributed by atoms with van der Waals surface area (Å²) >= 11 is 0. The van der Waals surface area contributed by atoms with Crippen LogP contribution in [-0.4, -0.2) is 68.2 Å². The summed E-state index contributed by atoms with van der Waals surface area (Å²) < 4.78 is 0. The number of amides is 2. The van der Waals surface area contributed by atoms with E-state index in [1.54, 1.807) is 0 Å². The van der Waals surface area contributed by atoms with Crippen LogP contribution in [0.5, 0.6) is 0 Å². The van der Waals surface area contributed by atoms with Crippen LogP contribution in [0, 0.1) is 5.92 Å². The van der Waals surface area contributed by atoms with E-state index in [1.165, 1.54) is 11.3 Å². The van der Waals surface area contributed by atoms with Crippen molar-refractivity contribution in [1.29, 1.82) is 0 Å². The van der Waals surface area contributed by atoms with E-state index in [-0.39, 0.29) is 6.03 Å². The van der Waals surface area contributed by atoms with Gasteiger partial charge in [-0.2, -0.15) is 0 Å². The van der Waals surface area contributed by atoms with E-state index in [0.29, 0.717) is 18.5 Å². The van der Waals surface area contributed by atoms with E-state index < -0.39 is 0 Å². The number of fused-ring (bicyclic) bond motifs is 1. The van der Waals surface area contributed by atoms with Gasteiger partial charge in [0.1, 0.15) is 0 Å². The van der Waals surface area contributed by atoms with E-state index in [1.807, 2.05) is 18.2 Å². The standard InChI is InChI=1S/C25H35N5O/c1-19(2)24(29-16-14-28(3)15-17-29)18-26-25(31)27-21-9-5-7-11-23(21)30-13-12-20-8-4-6-10-22(20)30/h4-11,19,24H,12-18H2,1-3H3,(H2,26,27,31). The number of benzene rings is 2. The van der Waals surface area contributed by atoms with E-state index >= 15 is 0 Å². The van der Waals surface area contributed by atoms with Gasteiger partial charge in [-0.3, -0.25) is 4.90 Å². The predicted octanol–water partition coefficient (Wildman–Crippen LogP) is 3.77. The van der Waals surface area contributed by atoms with Crippen LogP contribution >= 0.6 is 0 Å². The maximum Gasteiger partial charge on any atom is 0.319 e. The molecule has 2 N–H and O–H groups in total. The highest BCUT2D eigenvalue weighted by molar-refractivity contribution is 5.94. The number of para-hydroxylation sites is 3. The average molecular weight is 422 g/mol. The molecule has 0 spiro atoms. The Bertz CT molecular complexity index is 891. The molecule has 0 radical (unpaired) electrons. The quantitative estimate of drug-likeness (QED) is 0.745. The second-order valence-electron chi connectivity index (χ2n) is 9.03. The summed E-state index contributed by atoms with van der Waals surface area (Å²) in [5.41, 5.74) is 4.47. The van der Waals surface area contributed by atoms with Gasteiger partial charge in [-0.1, -0.05) is 44.2 Å². The molecule has 6 nitrogen and oxygen atoms in total. The number of likely N-dealkylation sites (N-methyl/N-ethyl adjacent to an activating group) is 1. The van der Waals surface area contributed by atoms with Crippen molar-refractivity contribution in [2.75, 3.05) is 56.5 Å². The van der Waals surface area contributed by atoms with Gasteiger partial charge in [-0.25, -0.2) is 4.79 Å². The van der Waals surface area contributed by atoms with Crippen molar-refractivity contribution in [3.63, 3.8) is 0 Å². The van der Waals surface area contributed by atoms with Crippen LogP contribution in [0.4, 0.5) is 21.9 Å². The lowest BCUT2D eigenvalue weighted by Gasteiger charge is -2.39. The van der Waals surface area contributed by atoms with Crippen molar-refractivity contribution >= 4 is 23.1 Å². The molecule has 1 saturated heterocycles. The number of rotatable bonds is 6. The molecule has 6 heteroatoms. The number of nitrogens with zero attached hydrogens (tertiary/aromatic N) is 3. The molecule has 0 saturated carbocycles. The van der Waals surface area contributed by atoms with Gasteiger partial charge in [0.25, 0.3) is 0 Å². The number of anilines is 3. The molecular weight excluding hydrogens is 386 g/mol. The van der Waals surface area contributed by atoms with Crippen molar-refractivity contribution < 1.29 is 4.79 Å². The molecular formula is C25H35N5O. The molecule has 1 atom stereocenters. The van der Waals surface area contributed by atoms with Gasteiger partial charge in [-0.15, -0.1) is 0 Å². The highest BCUT2D eigenvalue weighted by Gasteiger charge is 2.26. The minimum Gasteiger partial charge on any atom is -0.339 e. The van der Waals surface area contributed by atoms with Crippen molar-refractivity contribution in [2.45, 2.75) is 26.3 Å². The van der Waals surface area contributed by atoms with Crippen LogP contribution in [0.15, 0.2) is 48.5 Å². The van der Waals surface area contributed by atoms with Gasteiger partial charge in [0.05, 0.1) is 11.4 Å². The zero-order valence-corrected chi connectivity index (χ0v) is 19.0. The van der Waals surface area contributed by atoms with E-state index in [2.05, 4.69) is 76.6 Å². The fourth-order valence-corrected chi connectivity index (χ4v) is 4.71. The zero-order chi connectivity index (χ0) is 21.8. The van der Waals surface area contributed by atoms with Crippen molar-refractivity contribution in [2.24, 2.45) is 5.92 Å². The van der Waals surface area contributed by atoms with Crippen molar-refractivity contribution in [3.05, 3.63) is 54.1 Å².